The van der Waals surface area contributed by atoms with E-state index in [1.54, 1.807) is 42.5 Å². The molecule has 9 heteroatoms. The third-order valence-corrected chi connectivity index (χ3v) is 8.15. The van der Waals surface area contributed by atoms with Crippen molar-refractivity contribution in [3.8, 4) is 0 Å². The Balaban J connectivity index is 1.61. The van der Waals surface area contributed by atoms with Gasteiger partial charge in [0.15, 0.2) is 0 Å². The Kier molecular flexibility index (Phi) is 5.94. The number of halogens is 2. The number of carbonyl (C=O) groups is 1. The summed E-state index contributed by atoms with van der Waals surface area (Å²) in [7, 11) is -2.42. The first-order valence-corrected chi connectivity index (χ1v) is 12.1. The van der Waals surface area contributed by atoms with E-state index in [9.17, 15) is 17.6 Å². The van der Waals surface area contributed by atoms with Crippen molar-refractivity contribution in [2.75, 3.05) is 16.7 Å². The third kappa shape index (κ3) is 4.34. The molecule has 0 aliphatic rings. The Morgan fingerprint density at radius 3 is 2.44 bits per heavy atom. The molecule has 5 nitrogen and oxygen atoms in total. The molecule has 4 aromatic rings. The molecule has 3 aromatic carbocycles. The number of nitrogens with zero attached hydrogens (tertiary/aromatic N) is 1. The van der Waals surface area contributed by atoms with Crippen LogP contribution >= 0.6 is 22.9 Å². The van der Waals surface area contributed by atoms with Crippen LogP contribution in [0.25, 0.3) is 10.1 Å². The van der Waals surface area contributed by atoms with Crippen LogP contribution < -0.4 is 9.62 Å². The lowest BCUT2D eigenvalue weighted by Gasteiger charge is -2.19. The fraction of sp³-hybridized carbons (Fsp3) is 0.0870. The Hall–Kier alpha value is -2.94. The molecule has 0 spiro atoms. The number of nitrogens with one attached hydrogen (secondary N) is 1. The highest BCUT2D eigenvalue weighted by molar-refractivity contribution is 7.92. The summed E-state index contributed by atoms with van der Waals surface area (Å²) in [5.74, 6) is -0.767. The van der Waals surface area contributed by atoms with Gasteiger partial charge in [0.25, 0.3) is 15.9 Å². The number of thiophene rings is 1. The van der Waals surface area contributed by atoms with Gasteiger partial charge < -0.3 is 5.32 Å². The Morgan fingerprint density at radius 1 is 1.03 bits per heavy atom. The maximum Gasteiger partial charge on any atom is 0.265 e. The molecular weight excluding hydrogens is 471 g/mol. The minimum Gasteiger partial charge on any atom is -0.321 e. The largest absolute Gasteiger partial charge is 0.321 e. The third-order valence-electron chi connectivity index (χ3n) is 5.00. The summed E-state index contributed by atoms with van der Waals surface area (Å²) in [6.45, 7) is 1.86. The first-order valence-electron chi connectivity index (χ1n) is 9.51. The van der Waals surface area contributed by atoms with Crippen molar-refractivity contribution >= 4 is 60.3 Å². The van der Waals surface area contributed by atoms with E-state index in [1.165, 1.54) is 30.5 Å². The molecule has 1 N–H and O–H groups in total. The quantitative estimate of drug-likeness (QED) is 0.370. The Bertz CT molecular complexity index is 1430. The molecule has 0 bridgehead atoms. The molecule has 0 atom stereocenters. The van der Waals surface area contributed by atoms with Crippen LogP contribution in [0.2, 0.25) is 5.02 Å². The van der Waals surface area contributed by atoms with E-state index in [-0.39, 0.29) is 10.8 Å². The van der Waals surface area contributed by atoms with Crippen molar-refractivity contribution in [2.45, 2.75) is 11.8 Å². The van der Waals surface area contributed by atoms with E-state index in [4.69, 9.17) is 11.6 Å². The molecule has 0 saturated carbocycles. The first-order chi connectivity index (χ1) is 15.1. The van der Waals surface area contributed by atoms with Gasteiger partial charge in [-0.15, -0.1) is 11.3 Å². The standard InChI is InChI=1S/C23H18ClFN2O3S2/c1-14-11-16(24)3-9-20(14)26-23(28)22-13-15-12-18(6-10-21(15)31-22)27(2)32(29,30)19-7-4-17(25)5-8-19/h3-13H,1-2H3,(H,26,28). The van der Waals surface area contributed by atoms with Crippen molar-refractivity contribution in [1.82, 2.24) is 0 Å². The molecule has 1 aromatic heterocycles. The van der Waals surface area contributed by atoms with E-state index >= 15 is 0 Å². The SMILES string of the molecule is Cc1cc(Cl)ccc1NC(=O)c1cc2cc(N(C)S(=O)(=O)c3ccc(F)cc3)ccc2s1. The molecule has 4 rings (SSSR count). The summed E-state index contributed by atoms with van der Waals surface area (Å²) >= 11 is 7.28. The summed E-state index contributed by atoms with van der Waals surface area (Å²) in [6, 6.07) is 16.8. The molecule has 0 unspecified atom stereocenters. The van der Waals surface area contributed by atoms with Crippen LogP contribution in [0.1, 0.15) is 15.2 Å². The number of anilines is 2. The maximum atomic E-state index is 13.2. The maximum absolute atomic E-state index is 13.2. The van der Waals surface area contributed by atoms with Gasteiger partial charge in [-0.1, -0.05) is 11.6 Å². The van der Waals surface area contributed by atoms with Crippen LogP contribution in [0.3, 0.4) is 0 Å². The molecule has 1 heterocycles. The minimum atomic E-state index is -3.86. The van der Waals surface area contributed by atoms with Crippen LogP contribution in [-0.2, 0) is 10.0 Å². The fourth-order valence-corrected chi connectivity index (χ4v) is 5.55. The zero-order chi connectivity index (χ0) is 23.0. The number of sulfonamides is 1. The highest BCUT2D eigenvalue weighted by Gasteiger charge is 2.22. The van der Waals surface area contributed by atoms with Crippen LogP contribution in [0, 0.1) is 12.7 Å². The number of hydrogen-bond acceptors (Lipinski definition) is 4. The number of benzene rings is 3. The van der Waals surface area contributed by atoms with Gasteiger partial charge in [0.2, 0.25) is 0 Å². The van der Waals surface area contributed by atoms with Crippen molar-refractivity contribution in [3.05, 3.63) is 88.0 Å². The predicted octanol–water partition coefficient (Wildman–Crippen LogP) is 6.08. The second-order valence-electron chi connectivity index (χ2n) is 7.17. The van der Waals surface area contributed by atoms with Gasteiger partial charge in [-0.05, 0) is 84.6 Å². The first kappa shape index (κ1) is 22.3. The second-order valence-corrected chi connectivity index (χ2v) is 10.7. The van der Waals surface area contributed by atoms with Gasteiger partial charge in [-0.3, -0.25) is 9.10 Å². The molecule has 0 radical (unpaired) electrons. The molecule has 164 valence electrons. The highest BCUT2D eigenvalue weighted by Crippen LogP contribution is 2.32. The van der Waals surface area contributed by atoms with E-state index < -0.39 is 15.8 Å². The number of rotatable bonds is 5. The van der Waals surface area contributed by atoms with Crippen molar-refractivity contribution in [1.29, 1.82) is 0 Å². The van der Waals surface area contributed by atoms with Crippen LogP contribution in [-0.4, -0.2) is 21.4 Å². The van der Waals surface area contributed by atoms with E-state index in [0.717, 1.165) is 32.1 Å². The van der Waals surface area contributed by atoms with Crippen molar-refractivity contribution in [3.63, 3.8) is 0 Å². The predicted molar refractivity (Wildman–Crippen MR) is 128 cm³/mol. The monoisotopic (exact) mass is 488 g/mol. The minimum absolute atomic E-state index is 0.00906. The average Bonchev–Trinajstić information content (AvgIpc) is 3.19. The van der Waals surface area contributed by atoms with Gasteiger partial charge in [0.05, 0.1) is 15.5 Å². The summed E-state index contributed by atoms with van der Waals surface area (Å²) in [6.07, 6.45) is 0. The molecule has 32 heavy (non-hydrogen) atoms. The van der Waals surface area contributed by atoms with Gasteiger partial charge in [-0.2, -0.15) is 0 Å². The number of amides is 1. The molecular formula is C23H18ClFN2O3S2. The van der Waals surface area contributed by atoms with Gasteiger partial charge in [-0.25, -0.2) is 12.8 Å². The lowest BCUT2D eigenvalue weighted by atomic mass is 10.2. The second kappa shape index (κ2) is 8.54. The molecule has 0 saturated heterocycles. The summed E-state index contributed by atoms with van der Waals surface area (Å²) in [5.41, 5.74) is 1.95. The molecule has 0 aliphatic carbocycles. The smallest absolute Gasteiger partial charge is 0.265 e. The number of aryl methyl sites for hydroxylation is 1. The lowest BCUT2D eigenvalue weighted by Crippen LogP contribution is -2.26. The van der Waals surface area contributed by atoms with E-state index in [2.05, 4.69) is 5.32 Å². The number of carbonyl (C=O) groups excluding carboxylic acids is 1. The number of fused-ring (bicyclic) bond motifs is 1. The van der Waals surface area contributed by atoms with Crippen molar-refractivity contribution < 1.29 is 17.6 Å². The molecule has 0 fully saturated rings. The summed E-state index contributed by atoms with van der Waals surface area (Å²) < 4.78 is 40.9. The van der Waals surface area contributed by atoms with Crippen LogP contribution in [0.4, 0.5) is 15.8 Å². The van der Waals surface area contributed by atoms with Crippen molar-refractivity contribution in [2.24, 2.45) is 0 Å². The summed E-state index contributed by atoms with van der Waals surface area (Å²) in [5, 5.41) is 4.21. The summed E-state index contributed by atoms with van der Waals surface area (Å²) in [4.78, 5) is 13.2. The zero-order valence-corrected chi connectivity index (χ0v) is 19.5. The average molecular weight is 489 g/mol. The van der Waals surface area contributed by atoms with E-state index in [1.807, 2.05) is 6.92 Å². The Labute approximate surface area is 194 Å². The van der Waals surface area contributed by atoms with Gasteiger partial charge in [0.1, 0.15) is 5.82 Å². The normalized spacial score (nSPS) is 11.5. The molecule has 1 amide bonds. The van der Waals surface area contributed by atoms with Crippen LogP contribution in [0.5, 0.6) is 0 Å². The molecule has 0 aliphatic heterocycles. The fourth-order valence-electron chi connectivity index (χ4n) is 3.19. The highest BCUT2D eigenvalue weighted by atomic mass is 35.5. The van der Waals surface area contributed by atoms with Crippen LogP contribution in [0.15, 0.2) is 71.6 Å². The van der Waals surface area contributed by atoms with E-state index in [0.29, 0.717) is 21.3 Å². The van der Waals surface area contributed by atoms with Gasteiger partial charge in [0, 0.05) is 22.5 Å². The zero-order valence-electron chi connectivity index (χ0n) is 17.1. The Morgan fingerprint density at radius 2 is 1.75 bits per heavy atom. The van der Waals surface area contributed by atoms with Gasteiger partial charge >= 0.3 is 0 Å². The lowest BCUT2D eigenvalue weighted by molar-refractivity contribution is 0.103. The number of hydrogen-bond donors (Lipinski definition) is 1. The topological polar surface area (TPSA) is 66.5 Å².